The molecule has 0 amide bonds. The zero-order valence-electron chi connectivity index (χ0n) is 14.5. The van der Waals surface area contributed by atoms with Gasteiger partial charge in [0.25, 0.3) is 0 Å². The molecule has 0 spiro atoms. The van der Waals surface area contributed by atoms with Gasteiger partial charge in [0.1, 0.15) is 0 Å². The van der Waals surface area contributed by atoms with Gasteiger partial charge >= 0.3 is 0 Å². The van der Waals surface area contributed by atoms with Crippen molar-refractivity contribution in [1.29, 1.82) is 0 Å². The lowest BCUT2D eigenvalue weighted by atomic mass is 10.1. The zero-order chi connectivity index (χ0) is 16.9. The standard InChI is InChI=1S/C16H24N6O2/c1-12-18-14(20-24-12)11-21(2)13-5-4-9-22(10-7-13)16-17-8-6-15(19-16)23-3/h6,8,13H,4-5,7,9-11H2,1-3H3/t13-/m0/s1. The molecule has 1 saturated heterocycles. The van der Waals surface area contributed by atoms with Crippen LogP contribution in [-0.4, -0.2) is 58.3 Å². The van der Waals surface area contributed by atoms with Crippen molar-refractivity contribution in [1.82, 2.24) is 25.0 Å². The number of aryl methyl sites for hydroxylation is 1. The second-order valence-electron chi connectivity index (χ2n) is 6.12. The number of rotatable bonds is 5. The summed E-state index contributed by atoms with van der Waals surface area (Å²) in [6.45, 7) is 4.40. The lowest BCUT2D eigenvalue weighted by Crippen LogP contribution is -2.33. The van der Waals surface area contributed by atoms with Crippen LogP contribution in [0.5, 0.6) is 5.88 Å². The van der Waals surface area contributed by atoms with Crippen LogP contribution in [0, 0.1) is 6.92 Å². The van der Waals surface area contributed by atoms with Crippen LogP contribution >= 0.6 is 0 Å². The predicted molar refractivity (Wildman–Crippen MR) is 88.9 cm³/mol. The molecule has 0 N–H and O–H groups in total. The number of hydrogen-bond acceptors (Lipinski definition) is 8. The van der Waals surface area contributed by atoms with Gasteiger partial charge in [0, 0.05) is 38.3 Å². The molecule has 3 rings (SSSR count). The van der Waals surface area contributed by atoms with E-state index < -0.39 is 0 Å². The highest BCUT2D eigenvalue weighted by Crippen LogP contribution is 2.21. The maximum Gasteiger partial charge on any atom is 0.228 e. The van der Waals surface area contributed by atoms with Crippen molar-refractivity contribution in [2.75, 3.05) is 32.1 Å². The van der Waals surface area contributed by atoms with E-state index in [1.807, 2.05) is 6.92 Å². The summed E-state index contributed by atoms with van der Waals surface area (Å²) in [6.07, 6.45) is 5.02. The summed E-state index contributed by atoms with van der Waals surface area (Å²) in [6, 6.07) is 2.25. The number of methoxy groups -OCH3 is 1. The Morgan fingerprint density at radius 2 is 2.21 bits per heavy atom. The molecule has 1 aliphatic heterocycles. The largest absolute Gasteiger partial charge is 0.481 e. The van der Waals surface area contributed by atoms with Crippen LogP contribution in [0.4, 0.5) is 5.95 Å². The van der Waals surface area contributed by atoms with Crippen LogP contribution in [0.15, 0.2) is 16.8 Å². The summed E-state index contributed by atoms with van der Waals surface area (Å²) < 4.78 is 10.2. The minimum atomic E-state index is 0.486. The molecule has 1 atom stereocenters. The van der Waals surface area contributed by atoms with Gasteiger partial charge in [0.2, 0.25) is 17.7 Å². The average molecular weight is 332 g/mol. The Labute approximate surface area is 141 Å². The third-order valence-electron chi connectivity index (χ3n) is 4.39. The molecule has 0 unspecified atom stereocenters. The first-order chi connectivity index (χ1) is 11.7. The van der Waals surface area contributed by atoms with E-state index in [9.17, 15) is 0 Å². The number of hydrogen-bond donors (Lipinski definition) is 0. The summed E-state index contributed by atoms with van der Waals surface area (Å²) in [5, 5.41) is 3.98. The summed E-state index contributed by atoms with van der Waals surface area (Å²) in [4.78, 5) is 17.6. The Balaban J connectivity index is 1.59. The lowest BCUT2D eigenvalue weighted by molar-refractivity contribution is 0.209. The van der Waals surface area contributed by atoms with Crippen molar-refractivity contribution in [3.8, 4) is 5.88 Å². The molecule has 0 bridgehead atoms. The highest BCUT2D eigenvalue weighted by molar-refractivity contribution is 5.32. The van der Waals surface area contributed by atoms with Crippen LogP contribution in [0.25, 0.3) is 0 Å². The number of aromatic nitrogens is 4. The normalized spacial score (nSPS) is 18.7. The van der Waals surface area contributed by atoms with Crippen molar-refractivity contribution in [2.45, 2.75) is 38.8 Å². The van der Waals surface area contributed by atoms with Crippen LogP contribution in [0.3, 0.4) is 0 Å². The Hall–Kier alpha value is -2.22. The smallest absolute Gasteiger partial charge is 0.228 e. The third kappa shape index (κ3) is 4.00. The number of ether oxygens (including phenoxy) is 1. The van der Waals surface area contributed by atoms with Gasteiger partial charge in [0.15, 0.2) is 5.82 Å². The van der Waals surface area contributed by atoms with Crippen molar-refractivity contribution in [3.63, 3.8) is 0 Å². The summed E-state index contributed by atoms with van der Waals surface area (Å²) in [5.41, 5.74) is 0. The Morgan fingerprint density at radius 3 is 2.96 bits per heavy atom. The fraction of sp³-hybridized carbons (Fsp3) is 0.625. The van der Waals surface area contributed by atoms with Crippen LogP contribution in [0.1, 0.15) is 31.0 Å². The number of anilines is 1. The molecule has 0 aliphatic carbocycles. The first-order valence-electron chi connectivity index (χ1n) is 8.27. The Bertz CT molecular complexity index is 662. The van der Waals surface area contributed by atoms with Gasteiger partial charge < -0.3 is 14.2 Å². The predicted octanol–water partition coefficient (Wildman–Crippen LogP) is 1.67. The Morgan fingerprint density at radius 1 is 1.33 bits per heavy atom. The first kappa shape index (κ1) is 16.6. The fourth-order valence-corrected chi connectivity index (χ4v) is 3.08. The van der Waals surface area contributed by atoms with Gasteiger partial charge in [-0.3, -0.25) is 4.90 Å². The maximum absolute atomic E-state index is 5.20. The van der Waals surface area contributed by atoms with Gasteiger partial charge in [-0.1, -0.05) is 5.16 Å². The van der Waals surface area contributed by atoms with Gasteiger partial charge in [-0.25, -0.2) is 4.98 Å². The molecule has 8 heteroatoms. The van der Waals surface area contributed by atoms with E-state index in [-0.39, 0.29) is 0 Å². The molecular formula is C16H24N6O2. The topological polar surface area (TPSA) is 80.4 Å². The van der Waals surface area contributed by atoms with Gasteiger partial charge in [-0.15, -0.1) is 0 Å². The minimum absolute atomic E-state index is 0.486. The first-order valence-corrected chi connectivity index (χ1v) is 8.27. The van der Waals surface area contributed by atoms with Crippen molar-refractivity contribution in [2.24, 2.45) is 0 Å². The van der Waals surface area contributed by atoms with Crippen LogP contribution < -0.4 is 9.64 Å². The maximum atomic E-state index is 5.20. The summed E-state index contributed by atoms with van der Waals surface area (Å²) in [5.74, 6) is 2.70. The average Bonchev–Trinajstić information content (AvgIpc) is 2.86. The quantitative estimate of drug-likeness (QED) is 0.818. The van der Waals surface area contributed by atoms with Gasteiger partial charge in [0.05, 0.1) is 13.7 Å². The van der Waals surface area contributed by atoms with E-state index in [0.717, 1.165) is 44.1 Å². The molecule has 2 aromatic heterocycles. The Kier molecular flexibility index (Phi) is 5.24. The van der Waals surface area contributed by atoms with Crippen molar-refractivity contribution >= 4 is 5.95 Å². The monoisotopic (exact) mass is 332 g/mol. The van der Waals surface area contributed by atoms with Crippen molar-refractivity contribution in [3.05, 3.63) is 24.0 Å². The molecule has 2 aromatic rings. The van der Waals surface area contributed by atoms with E-state index >= 15 is 0 Å². The molecule has 0 radical (unpaired) electrons. The molecule has 0 aromatic carbocycles. The molecule has 130 valence electrons. The van der Waals surface area contributed by atoms with E-state index in [4.69, 9.17) is 9.26 Å². The van der Waals surface area contributed by atoms with E-state index in [1.54, 1.807) is 19.4 Å². The number of nitrogens with zero attached hydrogens (tertiary/aromatic N) is 6. The molecule has 1 aliphatic rings. The highest BCUT2D eigenvalue weighted by atomic mass is 16.5. The summed E-state index contributed by atoms with van der Waals surface area (Å²) in [7, 11) is 3.74. The van der Waals surface area contributed by atoms with E-state index in [2.05, 4.69) is 37.0 Å². The fourth-order valence-electron chi connectivity index (χ4n) is 3.08. The molecule has 3 heterocycles. The zero-order valence-corrected chi connectivity index (χ0v) is 14.5. The van der Waals surface area contributed by atoms with E-state index in [0.29, 0.717) is 24.4 Å². The van der Waals surface area contributed by atoms with Gasteiger partial charge in [-0.05, 0) is 26.3 Å². The van der Waals surface area contributed by atoms with E-state index in [1.165, 1.54) is 0 Å². The van der Waals surface area contributed by atoms with Crippen LogP contribution in [-0.2, 0) is 6.54 Å². The molecule has 0 saturated carbocycles. The minimum Gasteiger partial charge on any atom is -0.481 e. The van der Waals surface area contributed by atoms with Gasteiger partial charge in [-0.2, -0.15) is 9.97 Å². The molecule has 24 heavy (non-hydrogen) atoms. The molecule has 8 nitrogen and oxygen atoms in total. The lowest BCUT2D eigenvalue weighted by Gasteiger charge is -2.26. The second-order valence-corrected chi connectivity index (χ2v) is 6.12. The SMILES string of the molecule is COc1ccnc(N2CCC[C@H](N(C)Cc3noc(C)n3)CC2)n1. The highest BCUT2D eigenvalue weighted by Gasteiger charge is 2.23. The second kappa shape index (κ2) is 7.57. The van der Waals surface area contributed by atoms with Crippen molar-refractivity contribution < 1.29 is 9.26 Å². The third-order valence-corrected chi connectivity index (χ3v) is 4.39. The molecule has 1 fully saturated rings. The molecular weight excluding hydrogens is 308 g/mol. The van der Waals surface area contributed by atoms with Crippen LogP contribution in [0.2, 0.25) is 0 Å². The summed E-state index contributed by atoms with van der Waals surface area (Å²) >= 11 is 0.